The molecule has 108 valence electrons. The van der Waals surface area contributed by atoms with E-state index in [1.165, 1.54) is 0 Å². The second-order valence-electron chi connectivity index (χ2n) is 5.93. The van der Waals surface area contributed by atoms with Crippen LogP contribution < -0.4 is 10.6 Å². The Bertz CT molecular complexity index is 522. The van der Waals surface area contributed by atoms with Gasteiger partial charge in [-0.05, 0) is 43.9 Å². The van der Waals surface area contributed by atoms with Crippen molar-refractivity contribution in [3.63, 3.8) is 0 Å². The summed E-state index contributed by atoms with van der Waals surface area (Å²) in [6.45, 7) is 5.39. The van der Waals surface area contributed by atoms with E-state index >= 15 is 0 Å². The number of carbonyl (C=O) groups excluding carboxylic acids is 1. The van der Waals surface area contributed by atoms with Gasteiger partial charge in [0.05, 0.1) is 5.41 Å². The largest absolute Gasteiger partial charge is 0.481 e. The average Bonchev–Trinajstić information content (AvgIpc) is 3.05. The first kappa shape index (κ1) is 14.4. The van der Waals surface area contributed by atoms with Crippen molar-refractivity contribution in [2.75, 3.05) is 5.32 Å². The minimum atomic E-state index is -0.940. The zero-order chi connectivity index (χ0) is 14.9. The number of rotatable bonds is 4. The molecule has 1 saturated carbocycles. The molecule has 2 atom stereocenters. The van der Waals surface area contributed by atoms with Gasteiger partial charge in [0.25, 0.3) is 0 Å². The summed E-state index contributed by atoms with van der Waals surface area (Å²) < 4.78 is 0. The molecule has 20 heavy (non-hydrogen) atoms. The second kappa shape index (κ2) is 5.15. The molecule has 2 amide bonds. The molecular formula is C15H20N2O3. The SMILES string of the molecule is CC1CC1NC(=O)Nc1ccc(C(C)(C)C(=O)O)cc1. The van der Waals surface area contributed by atoms with Crippen LogP contribution >= 0.6 is 0 Å². The number of carbonyl (C=O) groups is 2. The normalized spacial score (nSPS) is 21.1. The Balaban J connectivity index is 1.98. The van der Waals surface area contributed by atoms with Crippen LogP contribution in [-0.4, -0.2) is 23.1 Å². The molecule has 1 aromatic rings. The van der Waals surface area contributed by atoms with E-state index in [9.17, 15) is 9.59 Å². The number of anilines is 1. The summed E-state index contributed by atoms with van der Waals surface area (Å²) in [7, 11) is 0. The Morgan fingerprint density at radius 1 is 1.25 bits per heavy atom. The van der Waals surface area contributed by atoms with Crippen molar-refractivity contribution in [1.29, 1.82) is 0 Å². The van der Waals surface area contributed by atoms with Gasteiger partial charge in [-0.15, -0.1) is 0 Å². The van der Waals surface area contributed by atoms with E-state index in [-0.39, 0.29) is 12.1 Å². The van der Waals surface area contributed by atoms with Gasteiger partial charge in [-0.25, -0.2) is 4.79 Å². The van der Waals surface area contributed by atoms with E-state index in [4.69, 9.17) is 5.11 Å². The number of carboxylic acids is 1. The van der Waals surface area contributed by atoms with Crippen molar-refractivity contribution >= 4 is 17.7 Å². The summed E-state index contributed by atoms with van der Waals surface area (Å²) in [6.07, 6.45) is 1.03. The van der Waals surface area contributed by atoms with Crippen molar-refractivity contribution in [3.8, 4) is 0 Å². The fourth-order valence-electron chi connectivity index (χ4n) is 1.95. The van der Waals surface area contributed by atoms with E-state index in [1.54, 1.807) is 38.1 Å². The molecule has 0 aromatic heterocycles. The van der Waals surface area contributed by atoms with Crippen LogP contribution in [0.15, 0.2) is 24.3 Å². The van der Waals surface area contributed by atoms with Gasteiger partial charge in [0.1, 0.15) is 0 Å². The molecule has 0 radical (unpaired) electrons. The smallest absolute Gasteiger partial charge is 0.319 e. The molecule has 2 rings (SSSR count). The summed E-state index contributed by atoms with van der Waals surface area (Å²) in [5.41, 5.74) is 0.414. The third-order valence-electron chi connectivity index (χ3n) is 3.83. The van der Waals surface area contributed by atoms with Crippen molar-refractivity contribution in [2.45, 2.75) is 38.6 Å². The van der Waals surface area contributed by atoms with Gasteiger partial charge in [0.15, 0.2) is 0 Å². The lowest BCUT2D eigenvalue weighted by atomic mass is 9.85. The average molecular weight is 276 g/mol. The number of urea groups is 1. The first-order valence-electron chi connectivity index (χ1n) is 6.72. The van der Waals surface area contributed by atoms with Gasteiger partial charge in [-0.1, -0.05) is 19.1 Å². The predicted octanol–water partition coefficient (Wildman–Crippen LogP) is 2.58. The summed E-state index contributed by atoms with van der Waals surface area (Å²) >= 11 is 0. The Kier molecular flexibility index (Phi) is 3.70. The predicted molar refractivity (Wildman–Crippen MR) is 76.8 cm³/mol. The second-order valence-corrected chi connectivity index (χ2v) is 5.93. The zero-order valence-corrected chi connectivity index (χ0v) is 11.9. The summed E-state index contributed by atoms with van der Waals surface area (Å²) in [5, 5.41) is 14.8. The molecule has 0 heterocycles. The summed E-state index contributed by atoms with van der Waals surface area (Å²) in [6, 6.07) is 6.95. The highest BCUT2D eigenvalue weighted by Gasteiger charge is 2.34. The number of hydrogen-bond donors (Lipinski definition) is 3. The fraction of sp³-hybridized carbons (Fsp3) is 0.467. The molecule has 1 aliphatic rings. The quantitative estimate of drug-likeness (QED) is 0.791. The molecule has 0 aliphatic heterocycles. The third-order valence-corrected chi connectivity index (χ3v) is 3.83. The molecule has 1 fully saturated rings. The van der Waals surface area contributed by atoms with Gasteiger partial charge in [0.2, 0.25) is 0 Å². The molecule has 5 nitrogen and oxygen atoms in total. The first-order chi connectivity index (χ1) is 9.30. The minimum absolute atomic E-state index is 0.218. The molecule has 2 unspecified atom stereocenters. The number of nitrogens with one attached hydrogen (secondary N) is 2. The zero-order valence-electron chi connectivity index (χ0n) is 11.9. The van der Waals surface area contributed by atoms with E-state index in [2.05, 4.69) is 17.6 Å². The molecule has 0 saturated heterocycles. The number of hydrogen-bond acceptors (Lipinski definition) is 2. The molecule has 1 aromatic carbocycles. The maximum absolute atomic E-state index is 11.7. The Hall–Kier alpha value is -2.04. The highest BCUT2D eigenvalue weighted by molar-refractivity contribution is 5.89. The van der Waals surface area contributed by atoms with Crippen LogP contribution in [-0.2, 0) is 10.2 Å². The lowest BCUT2D eigenvalue weighted by molar-refractivity contribution is -0.142. The van der Waals surface area contributed by atoms with Crippen molar-refractivity contribution in [1.82, 2.24) is 5.32 Å². The Morgan fingerprint density at radius 2 is 1.80 bits per heavy atom. The minimum Gasteiger partial charge on any atom is -0.481 e. The van der Waals surface area contributed by atoms with Crippen molar-refractivity contribution < 1.29 is 14.7 Å². The number of benzene rings is 1. The third kappa shape index (κ3) is 3.10. The van der Waals surface area contributed by atoms with Gasteiger partial charge >= 0.3 is 12.0 Å². The Labute approximate surface area is 118 Å². The highest BCUT2D eigenvalue weighted by Crippen LogP contribution is 2.29. The van der Waals surface area contributed by atoms with Gasteiger partial charge < -0.3 is 15.7 Å². The monoisotopic (exact) mass is 276 g/mol. The molecule has 0 bridgehead atoms. The topological polar surface area (TPSA) is 78.4 Å². The van der Waals surface area contributed by atoms with Crippen LogP contribution in [0.4, 0.5) is 10.5 Å². The van der Waals surface area contributed by atoms with E-state index < -0.39 is 11.4 Å². The van der Waals surface area contributed by atoms with Gasteiger partial charge in [0, 0.05) is 11.7 Å². The van der Waals surface area contributed by atoms with Gasteiger partial charge in [-0.3, -0.25) is 4.79 Å². The first-order valence-corrected chi connectivity index (χ1v) is 6.72. The van der Waals surface area contributed by atoms with Crippen LogP contribution in [0.2, 0.25) is 0 Å². The summed E-state index contributed by atoms with van der Waals surface area (Å²) in [5.74, 6) is -0.321. The maximum atomic E-state index is 11.7. The standard InChI is InChI=1S/C15H20N2O3/c1-9-8-12(9)17-14(20)16-11-6-4-10(5-7-11)15(2,3)13(18)19/h4-7,9,12H,8H2,1-3H3,(H,18,19)(H2,16,17,20). The van der Waals surface area contributed by atoms with E-state index in [0.717, 1.165) is 6.42 Å². The maximum Gasteiger partial charge on any atom is 0.319 e. The van der Waals surface area contributed by atoms with Crippen molar-refractivity contribution in [2.24, 2.45) is 5.92 Å². The Morgan fingerprint density at radius 3 is 2.25 bits per heavy atom. The van der Waals surface area contributed by atoms with Crippen molar-refractivity contribution in [3.05, 3.63) is 29.8 Å². The fourth-order valence-corrected chi connectivity index (χ4v) is 1.95. The van der Waals surface area contributed by atoms with Crippen LogP contribution in [0.5, 0.6) is 0 Å². The van der Waals surface area contributed by atoms with Crippen LogP contribution in [0.1, 0.15) is 32.8 Å². The number of carboxylic acid groups (broad SMARTS) is 1. The highest BCUT2D eigenvalue weighted by atomic mass is 16.4. The lowest BCUT2D eigenvalue weighted by Crippen LogP contribution is -2.31. The van der Waals surface area contributed by atoms with Crippen LogP contribution in [0, 0.1) is 5.92 Å². The van der Waals surface area contributed by atoms with E-state index in [1.807, 2.05) is 0 Å². The van der Waals surface area contributed by atoms with Crippen LogP contribution in [0.25, 0.3) is 0 Å². The van der Waals surface area contributed by atoms with Crippen LogP contribution in [0.3, 0.4) is 0 Å². The lowest BCUT2D eigenvalue weighted by Gasteiger charge is -2.19. The molecule has 0 spiro atoms. The number of aliphatic carboxylic acids is 1. The molecule has 1 aliphatic carbocycles. The molecular weight excluding hydrogens is 256 g/mol. The van der Waals surface area contributed by atoms with Gasteiger partial charge in [-0.2, -0.15) is 0 Å². The summed E-state index contributed by atoms with van der Waals surface area (Å²) in [4.78, 5) is 22.8. The van der Waals surface area contributed by atoms with E-state index in [0.29, 0.717) is 17.2 Å². The number of amides is 2. The molecule has 3 N–H and O–H groups in total. The molecule has 5 heteroatoms.